The van der Waals surface area contributed by atoms with Crippen LogP contribution in [0.15, 0.2) is 42.6 Å². The topological polar surface area (TPSA) is 58.6 Å². The first-order valence-electron chi connectivity index (χ1n) is 10.1. The zero-order chi connectivity index (χ0) is 20.2. The normalized spacial score (nSPS) is 14.6. The van der Waals surface area contributed by atoms with Crippen molar-refractivity contribution in [3.8, 4) is 5.75 Å². The van der Waals surface area contributed by atoms with Gasteiger partial charge in [0.25, 0.3) is 0 Å². The van der Waals surface area contributed by atoms with Gasteiger partial charge in [-0.1, -0.05) is 37.3 Å². The first kappa shape index (κ1) is 19.6. The fourth-order valence-corrected chi connectivity index (χ4v) is 4.36. The van der Waals surface area contributed by atoms with Crippen LogP contribution in [0.5, 0.6) is 5.75 Å². The highest BCUT2D eigenvalue weighted by molar-refractivity contribution is 7.21. The number of rotatable bonds is 6. The molecule has 0 bridgehead atoms. The van der Waals surface area contributed by atoms with Gasteiger partial charge >= 0.3 is 0 Å². The lowest BCUT2D eigenvalue weighted by atomic mass is 10.0. The maximum atomic E-state index is 12.5. The first-order chi connectivity index (χ1) is 14.1. The lowest BCUT2D eigenvalue weighted by Crippen LogP contribution is -2.49. The number of hydrogen-bond donors (Lipinski definition) is 0. The van der Waals surface area contributed by atoms with Crippen LogP contribution in [0.2, 0.25) is 0 Å². The summed E-state index contributed by atoms with van der Waals surface area (Å²) in [6, 6.07) is 12.0. The van der Waals surface area contributed by atoms with Gasteiger partial charge in [-0.05, 0) is 35.7 Å². The molecule has 0 saturated carbocycles. The van der Waals surface area contributed by atoms with E-state index in [4.69, 9.17) is 4.74 Å². The molecule has 0 radical (unpaired) electrons. The molecule has 7 heteroatoms. The number of carbonyl (C=O) groups is 1. The van der Waals surface area contributed by atoms with Crippen molar-refractivity contribution in [2.45, 2.75) is 26.2 Å². The van der Waals surface area contributed by atoms with E-state index < -0.39 is 0 Å². The highest BCUT2D eigenvalue weighted by Crippen LogP contribution is 2.27. The number of anilines is 1. The van der Waals surface area contributed by atoms with Crippen LogP contribution in [0, 0.1) is 0 Å². The van der Waals surface area contributed by atoms with E-state index >= 15 is 0 Å². The van der Waals surface area contributed by atoms with E-state index in [1.54, 1.807) is 17.5 Å². The fourth-order valence-electron chi connectivity index (χ4n) is 3.40. The number of thiazole rings is 1. The molecule has 6 nitrogen and oxygen atoms in total. The monoisotopic (exact) mass is 410 g/mol. The molecule has 2 aromatic heterocycles. The summed E-state index contributed by atoms with van der Waals surface area (Å²) in [4.78, 5) is 26.7. The van der Waals surface area contributed by atoms with Crippen molar-refractivity contribution >= 4 is 32.7 Å². The Morgan fingerprint density at radius 1 is 1.14 bits per heavy atom. The van der Waals surface area contributed by atoms with E-state index in [9.17, 15) is 4.79 Å². The third-order valence-corrected chi connectivity index (χ3v) is 6.23. The summed E-state index contributed by atoms with van der Waals surface area (Å²) >= 11 is 1.61. The lowest BCUT2D eigenvalue weighted by molar-refractivity contribution is -0.132. The van der Waals surface area contributed by atoms with Gasteiger partial charge in [0.1, 0.15) is 16.1 Å². The van der Waals surface area contributed by atoms with Crippen LogP contribution in [0.3, 0.4) is 0 Å². The molecule has 1 fully saturated rings. The maximum Gasteiger partial charge on any atom is 0.226 e. The molecular formula is C22H26N4O2S. The quantitative estimate of drug-likeness (QED) is 0.616. The Morgan fingerprint density at radius 2 is 1.90 bits per heavy atom. The number of pyridine rings is 1. The molecule has 3 aromatic rings. The molecule has 0 spiro atoms. The largest absolute Gasteiger partial charge is 0.493 e. The van der Waals surface area contributed by atoms with Crippen LogP contribution in [0.4, 0.5) is 5.13 Å². The van der Waals surface area contributed by atoms with Gasteiger partial charge in [-0.2, -0.15) is 0 Å². The summed E-state index contributed by atoms with van der Waals surface area (Å²) in [5.41, 5.74) is 2.22. The van der Waals surface area contributed by atoms with Gasteiger partial charge in [0.15, 0.2) is 5.13 Å². The minimum absolute atomic E-state index is 0.148. The molecule has 152 valence electrons. The van der Waals surface area contributed by atoms with Crippen LogP contribution in [-0.2, 0) is 4.79 Å². The molecule has 1 aliphatic rings. The summed E-state index contributed by atoms with van der Waals surface area (Å²) in [5, 5.41) is 0.985. The number of ether oxygens (including phenoxy) is 1. The molecule has 0 unspecified atom stereocenters. The van der Waals surface area contributed by atoms with Crippen molar-refractivity contribution in [1.82, 2.24) is 14.9 Å². The van der Waals surface area contributed by atoms with E-state index in [-0.39, 0.29) is 5.91 Å². The van der Waals surface area contributed by atoms with Crippen LogP contribution in [-0.4, -0.2) is 53.6 Å². The van der Waals surface area contributed by atoms with Gasteiger partial charge in [-0.3, -0.25) is 4.79 Å². The van der Waals surface area contributed by atoms with Crippen LogP contribution >= 0.6 is 11.3 Å². The standard InChI is InChI=1S/C22H26N4O2S/c1-16(2)17-5-7-18(8-6-17)28-15-9-20(27)25-11-13-26(14-12-25)22-24-19-4-3-10-23-21(19)29-22/h3-8,10,16H,9,11-15H2,1-2H3. The van der Waals surface area contributed by atoms with Crippen molar-refractivity contribution in [3.63, 3.8) is 0 Å². The van der Waals surface area contributed by atoms with Gasteiger partial charge in [-0.25, -0.2) is 9.97 Å². The molecule has 29 heavy (non-hydrogen) atoms. The summed E-state index contributed by atoms with van der Waals surface area (Å²) in [5.74, 6) is 1.47. The maximum absolute atomic E-state index is 12.5. The number of carbonyl (C=O) groups excluding carboxylic acids is 1. The molecule has 4 rings (SSSR count). The van der Waals surface area contributed by atoms with E-state index in [1.807, 2.05) is 29.2 Å². The number of aromatic nitrogens is 2. The Morgan fingerprint density at radius 3 is 2.59 bits per heavy atom. The second-order valence-corrected chi connectivity index (χ2v) is 8.47. The Labute approximate surface area is 175 Å². The van der Waals surface area contributed by atoms with Gasteiger partial charge in [-0.15, -0.1) is 0 Å². The predicted molar refractivity (Wildman–Crippen MR) is 117 cm³/mol. The number of benzene rings is 1. The summed E-state index contributed by atoms with van der Waals surface area (Å²) in [7, 11) is 0. The van der Waals surface area contributed by atoms with Crippen LogP contribution < -0.4 is 9.64 Å². The Bertz CT molecular complexity index is 929. The fraction of sp³-hybridized carbons (Fsp3) is 0.409. The van der Waals surface area contributed by atoms with E-state index in [0.29, 0.717) is 32.0 Å². The number of fused-ring (bicyclic) bond motifs is 1. The first-order valence-corrected chi connectivity index (χ1v) is 10.9. The number of amides is 1. The number of hydrogen-bond acceptors (Lipinski definition) is 6. The molecule has 3 heterocycles. The minimum atomic E-state index is 0.148. The lowest BCUT2D eigenvalue weighted by Gasteiger charge is -2.34. The van der Waals surface area contributed by atoms with Crippen LogP contribution in [0.25, 0.3) is 10.3 Å². The van der Waals surface area contributed by atoms with Crippen molar-refractivity contribution in [1.29, 1.82) is 0 Å². The Hall–Kier alpha value is -2.67. The predicted octanol–water partition coefficient (Wildman–Crippen LogP) is 3.93. The van der Waals surface area contributed by atoms with Gasteiger partial charge < -0.3 is 14.5 Å². The Kier molecular flexibility index (Phi) is 5.94. The summed E-state index contributed by atoms with van der Waals surface area (Å²) in [6.07, 6.45) is 2.19. The molecule has 0 aliphatic carbocycles. The molecule has 1 aromatic carbocycles. The molecule has 0 atom stereocenters. The molecule has 1 amide bonds. The molecule has 0 N–H and O–H groups in total. The minimum Gasteiger partial charge on any atom is -0.493 e. The van der Waals surface area contributed by atoms with Crippen LogP contribution in [0.1, 0.15) is 31.7 Å². The van der Waals surface area contributed by atoms with Gasteiger partial charge in [0.05, 0.1) is 13.0 Å². The average molecular weight is 411 g/mol. The average Bonchev–Trinajstić information content (AvgIpc) is 3.18. The highest BCUT2D eigenvalue weighted by atomic mass is 32.1. The third-order valence-electron chi connectivity index (χ3n) is 5.19. The molecule has 1 aliphatic heterocycles. The zero-order valence-corrected chi connectivity index (χ0v) is 17.7. The van der Waals surface area contributed by atoms with E-state index in [0.717, 1.165) is 34.3 Å². The summed E-state index contributed by atoms with van der Waals surface area (Å²) in [6.45, 7) is 7.76. The highest BCUT2D eigenvalue weighted by Gasteiger charge is 2.23. The molecule has 1 saturated heterocycles. The van der Waals surface area contributed by atoms with Crippen molar-refractivity contribution in [3.05, 3.63) is 48.2 Å². The number of piperazine rings is 1. The van der Waals surface area contributed by atoms with E-state index in [2.05, 4.69) is 40.8 Å². The van der Waals surface area contributed by atoms with Crippen molar-refractivity contribution in [2.75, 3.05) is 37.7 Å². The van der Waals surface area contributed by atoms with Gasteiger partial charge in [0.2, 0.25) is 5.91 Å². The van der Waals surface area contributed by atoms with E-state index in [1.165, 1.54) is 5.56 Å². The zero-order valence-electron chi connectivity index (χ0n) is 16.9. The smallest absolute Gasteiger partial charge is 0.226 e. The second kappa shape index (κ2) is 8.78. The third kappa shape index (κ3) is 4.67. The second-order valence-electron chi connectivity index (χ2n) is 7.51. The summed E-state index contributed by atoms with van der Waals surface area (Å²) < 4.78 is 5.75. The number of nitrogens with zero attached hydrogens (tertiary/aromatic N) is 4. The van der Waals surface area contributed by atoms with Crippen molar-refractivity contribution in [2.24, 2.45) is 0 Å². The van der Waals surface area contributed by atoms with Gasteiger partial charge in [0, 0.05) is 32.4 Å². The Balaban J connectivity index is 1.23. The SMILES string of the molecule is CC(C)c1ccc(OCCC(=O)N2CCN(c3nc4cccnc4s3)CC2)cc1. The molecular weight excluding hydrogens is 384 g/mol. The van der Waals surface area contributed by atoms with Crippen molar-refractivity contribution < 1.29 is 9.53 Å².